The van der Waals surface area contributed by atoms with Gasteiger partial charge in [-0.25, -0.2) is 5.43 Å². The van der Waals surface area contributed by atoms with Crippen LogP contribution in [0.4, 0.5) is 0 Å². The van der Waals surface area contributed by atoms with Gasteiger partial charge in [0.25, 0.3) is 5.91 Å². The molecule has 98 valence electrons. The first-order valence-electron chi connectivity index (χ1n) is 5.24. The van der Waals surface area contributed by atoms with Crippen molar-refractivity contribution in [2.45, 2.75) is 0 Å². The summed E-state index contributed by atoms with van der Waals surface area (Å²) >= 11 is 5.63. The Hall–Kier alpha value is -2.41. The number of carbonyl (C=O) groups is 1. The van der Waals surface area contributed by atoms with E-state index in [0.717, 1.165) is 11.3 Å². The van der Waals surface area contributed by atoms with Crippen LogP contribution in [-0.2, 0) is 0 Å². The van der Waals surface area contributed by atoms with Gasteiger partial charge in [0.15, 0.2) is 10.8 Å². The lowest BCUT2D eigenvalue weighted by Gasteiger charge is -1.99. The molecule has 0 radical (unpaired) electrons. The minimum Gasteiger partial charge on any atom is -0.497 e. The van der Waals surface area contributed by atoms with Gasteiger partial charge in [-0.05, 0) is 29.8 Å². The number of hydrogen-bond acceptors (Lipinski definition) is 5. The number of nitrogens with one attached hydrogen (secondary N) is 2. The predicted octanol–water partition coefficient (Wildman–Crippen LogP) is 1.23. The number of rotatable bonds is 4. The number of aromatic amines is 1. The number of hydrazone groups is 1. The summed E-state index contributed by atoms with van der Waals surface area (Å²) in [5.74, 6) is 0.207. The molecular weight excluding hydrogens is 270 g/mol. The topological polar surface area (TPSA) is 92.3 Å². The van der Waals surface area contributed by atoms with Crippen molar-refractivity contribution in [2.75, 3.05) is 7.11 Å². The summed E-state index contributed by atoms with van der Waals surface area (Å²) in [6.07, 6.45) is 1.49. The van der Waals surface area contributed by atoms with E-state index in [0.29, 0.717) is 0 Å². The summed E-state index contributed by atoms with van der Waals surface area (Å²) in [7, 11) is 1.59. The number of H-pyrrole nitrogens is 1. The molecule has 0 aliphatic rings. The number of aromatic nitrogens is 3. The number of amides is 1. The van der Waals surface area contributed by atoms with Gasteiger partial charge < -0.3 is 4.74 Å². The molecule has 0 saturated heterocycles. The molecule has 0 fully saturated rings. The molecule has 1 heterocycles. The van der Waals surface area contributed by atoms with Crippen LogP contribution in [0.5, 0.6) is 5.75 Å². The van der Waals surface area contributed by atoms with Crippen molar-refractivity contribution < 1.29 is 9.53 Å². The van der Waals surface area contributed by atoms with Gasteiger partial charge in [0, 0.05) is 0 Å². The van der Waals surface area contributed by atoms with Gasteiger partial charge >= 0.3 is 0 Å². The Labute approximate surface area is 113 Å². The standard InChI is InChI=1S/C11H10ClN5O2/c1-19-8-4-2-7(3-5-8)6-13-16-11(18)9-10(12)15-17-14-9/h2-6H,1H3,(H,16,18)(H,14,15,17). The minimum absolute atomic E-state index is 0.00264. The Bertz CT molecular complexity index is 593. The quantitative estimate of drug-likeness (QED) is 0.650. The summed E-state index contributed by atoms with van der Waals surface area (Å²) < 4.78 is 5.03. The Morgan fingerprint density at radius 3 is 2.74 bits per heavy atom. The van der Waals surface area contributed by atoms with Gasteiger partial charge in [-0.3, -0.25) is 4.79 Å². The molecule has 0 unspecified atom stereocenters. The Balaban J connectivity index is 1.96. The van der Waals surface area contributed by atoms with Crippen molar-refractivity contribution in [3.8, 4) is 5.75 Å². The number of hydrogen-bond donors (Lipinski definition) is 2. The van der Waals surface area contributed by atoms with E-state index in [1.807, 2.05) is 0 Å². The Morgan fingerprint density at radius 2 is 2.16 bits per heavy atom. The number of carbonyl (C=O) groups excluding carboxylic acids is 1. The highest BCUT2D eigenvalue weighted by Crippen LogP contribution is 2.10. The normalized spacial score (nSPS) is 10.6. The molecule has 2 aromatic rings. The zero-order chi connectivity index (χ0) is 13.7. The van der Waals surface area contributed by atoms with E-state index in [-0.39, 0.29) is 10.8 Å². The first-order valence-corrected chi connectivity index (χ1v) is 5.62. The second-order valence-corrected chi connectivity index (χ2v) is 3.79. The fraction of sp³-hybridized carbons (Fsp3) is 0.0909. The van der Waals surface area contributed by atoms with Gasteiger partial charge in [-0.1, -0.05) is 11.6 Å². The molecule has 8 heteroatoms. The zero-order valence-electron chi connectivity index (χ0n) is 9.92. The second kappa shape index (κ2) is 5.96. The van der Waals surface area contributed by atoms with Crippen LogP contribution in [0.1, 0.15) is 16.1 Å². The molecule has 0 aliphatic heterocycles. The summed E-state index contributed by atoms with van der Waals surface area (Å²) in [6.45, 7) is 0. The first-order chi connectivity index (χ1) is 9.20. The van der Waals surface area contributed by atoms with Gasteiger partial charge in [0.1, 0.15) is 5.75 Å². The molecule has 1 aromatic heterocycles. The van der Waals surface area contributed by atoms with Gasteiger partial charge in [-0.15, -0.1) is 10.2 Å². The summed E-state index contributed by atoms with van der Waals surface area (Å²) in [6, 6.07) is 7.19. The van der Waals surface area contributed by atoms with Crippen molar-refractivity contribution >= 4 is 23.7 Å². The van der Waals surface area contributed by atoms with Crippen molar-refractivity contribution in [1.82, 2.24) is 20.8 Å². The highest BCUT2D eigenvalue weighted by molar-refractivity contribution is 6.32. The lowest BCUT2D eigenvalue weighted by atomic mass is 10.2. The van der Waals surface area contributed by atoms with Crippen LogP contribution in [0.2, 0.25) is 5.15 Å². The van der Waals surface area contributed by atoms with Crippen molar-refractivity contribution in [1.29, 1.82) is 0 Å². The second-order valence-electron chi connectivity index (χ2n) is 3.44. The highest BCUT2D eigenvalue weighted by Gasteiger charge is 2.13. The number of halogens is 1. The fourth-order valence-electron chi connectivity index (χ4n) is 1.27. The maximum atomic E-state index is 11.6. The molecule has 7 nitrogen and oxygen atoms in total. The third kappa shape index (κ3) is 3.29. The number of methoxy groups -OCH3 is 1. The highest BCUT2D eigenvalue weighted by atomic mass is 35.5. The predicted molar refractivity (Wildman–Crippen MR) is 69.4 cm³/mol. The number of ether oxygens (including phenoxy) is 1. The summed E-state index contributed by atoms with van der Waals surface area (Å²) in [5.41, 5.74) is 3.10. The molecular formula is C11H10ClN5O2. The maximum absolute atomic E-state index is 11.6. The average Bonchev–Trinajstić information content (AvgIpc) is 2.86. The van der Waals surface area contributed by atoms with Crippen molar-refractivity contribution in [3.05, 3.63) is 40.7 Å². The van der Waals surface area contributed by atoms with E-state index in [9.17, 15) is 4.79 Å². The van der Waals surface area contributed by atoms with Crippen molar-refractivity contribution in [3.63, 3.8) is 0 Å². The molecule has 0 saturated carbocycles. The van der Waals surface area contributed by atoms with E-state index in [1.54, 1.807) is 31.4 Å². The average molecular weight is 280 g/mol. The molecule has 0 aliphatic carbocycles. The van der Waals surface area contributed by atoms with E-state index in [1.165, 1.54) is 6.21 Å². The molecule has 19 heavy (non-hydrogen) atoms. The van der Waals surface area contributed by atoms with E-state index >= 15 is 0 Å². The SMILES string of the molecule is COc1ccc(C=NNC(=O)c2n[nH]nc2Cl)cc1. The molecule has 2 rings (SSSR count). The van der Waals surface area contributed by atoms with Crippen LogP contribution in [0, 0.1) is 0 Å². The third-order valence-electron chi connectivity index (χ3n) is 2.22. The monoisotopic (exact) mass is 279 g/mol. The first kappa shape index (κ1) is 13.0. The molecule has 0 atom stereocenters. The van der Waals surface area contributed by atoms with Crippen molar-refractivity contribution in [2.24, 2.45) is 5.10 Å². The molecule has 0 spiro atoms. The largest absolute Gasteiger partial charge is 0.497 e. The van der Waals surface area contributed by atoms with Crippen LogP contribution in [0.3, 0.4) is 0 Å². The fourth-order valence-corrected chi connectivity index (χ4v) is 1.44. The van der Waals surface area contributed by atoms with Gasteiger partial charge in [0.05, 0.1) is 13.3 Å². The lowest BCUT2D eigenvalue weighted by Crippen LogP contribution is -2.18. The Kier molecular flexibility index (Phi) is 4.09. The van der Waals surface area contributed by atoms with Crippen LogP contribution < -0.4 is 10.2 Å². The van der Waals surface area contributed by atoms with E-state index in [2.05, 4.69) is 25.9 Å². The molecule has 1 amide bonds. The maximum Gasteiger partial charge on any atom is 0.295 e. The zero-order valence-corrected chi connectivity index (χ0v) is 10.7. The minimum atomic E-state index is -0.538. The Morgan fingerprint density at radius 1 is 1.42 bits per heavy atom. The molecule has 0 bridgehead atoms. The lowest BCUT2D eigenvalue weighted by molar-refractivity contribution is 0.0950. The van der Waals surface area contributed by atoms with E-state index < -0.39 is 5.91 Å². The smallest absolute Gasteiger partial charge is 0.295 e. The van der Waals surface area contributed by atoms with Crippen LogP contribution in [0.15, 0.2) is 29.4 Å². The molecule has 2 N–H and O–H groups in total. The van der Waals surface area contributed by atoms with E-state index in [4.69, 9.17) is 16.3 Å². The van der Waals surface area contributed by atoms with Gasteiger partial charge in [-0.2, -0.15) is 10.3 Å². The summed E-state index contributed by atoms with van der Waals surface area (Å²) in [5, 5.41) is 13.1. The van der Waals surface area contributed by atoms with Gasteiger partial charge in [0.2, 0.25) is 0 Å². The number of nitrogens with zero attached hydrogens (tertiary/aromatic N) is 3. The molecule has 1 aromatic carbocycles. The number of benzene rings is 1. The summed E-state index contributed by atoms with van der Waals surface area (Å²) in [4.78, 5) is 11.6. The van der Waals surface area contributed by atoms with Crippen LogP contribution >= 0.6 is 11.6 Å². The van der Waals surface area contributed by atoms with Crippen LogP contribution in [-0.4, -0.2) is 34.6 Å². The van der Waals surface area contributed by atoms with Crippen LogP contribution in [0.25, 0.3) is 0 Å². The third-order valence-corrected chi connectivity index (χ3v) is 2.48.